The van der Waals surface area contributed by atoms with E-state index in [1.54, 1.807) is 0 Å². The Morgan fingerprint density at radius 2 is 0.951 bits per heavy atom. The largest absolute Gasteiger partial charge is 0.456 e. The Kier molecular flexibility index (Phi) is 7.21. The summed E-state index contributed by atoms with van der Waals surface area (Å²) < 4.78 is 15.6. The van der Waals surface area contributed by atoms with Crippen LogP contribution in [0.2, 0.25) is 0 Å². The van der Waals surface area contributed by atoms with E-state index in [9.17, 15) is 0 Å². The molecular weight excluding hydrogens is 749 g/mol. The van der Waals surface area contributed by atoms with Crippen LogP contribution in [0, 0.1) is 0 Å². The van der Waals surface area contributed by atoms with Crippen molar-refractivity contribution in [1.82, 2.24) is 19.5 Å². The van der Waals surface area contributed by atoms with Crippen LogP contribution in [-0.2, 0) is 0 Å². The van der Waals surface area contributed by atoms with E-state index in [0.29, 0.717) is 17.5 Å². The van der Waals surface area contributed by atoms with E-state index < -0.39 is 0 Å². The van der Waals surface area contributed by atoms with Crippen molar-refractivity contribution < 1.29 is 8.83 Å². The third kappa shape index (κ3) is 5.19. The Morgan fingerprint density at radius 3 is 1.77 bits per heavy atom. The molecule has 0 saturated carbocycles. The predicted octanol–water partition coefficient (Wildman–Crippen LogP) is 14.6. The van der Waals surface area contributed by atoms with Gasteiger partial charge in [-0.1, -0.05) is 146 Å². The summed E-state index contributed by atoms with van der Waals surface area (Å²) in [5.41, 5.74) is 11.0. The lowest BCUT2D eigenvalue weighted by Crippen LogP contribution is -2.04. The number of hydrogen-bond acceptors (Lipinski definition) is 5. The Hall–Kier alpha value is -8.35. The van der Waals surface area contributed by atoms with Gasteiger partial charge in [-0.05, 0) is 70.4 Å². The standard InChI is InChI=1S/C55H32N4O2/c1-2-13-33(14-3-1)34-25-27-35(28-26-34)53-56-54(58-55(57-53)43-21-12-20-40-39-18-7-10-23-47(39)61-52(40)43)42-29-30-49-50(41-19-8-11-24-48(41)60-49)51(42)59-45-22-9-6-17-38(45)44-31-36-15-4-5-16-37(36)32-46(44)59/h1-32H. The van der Waals surface area contributed by atoms with E-state index >= 15 is 0 Å². The van der Waals surface area contributed by atoms with Crippen LogP contribution in [0.25, 0.3) is 127 Å². The molecule has 9 aromatic carbocycles. The summed E-state index contributed by atoms with van der Waals surface area (Å²) in [6, 6.07) is 67.4. The molecule has 284 valence electrons. The summed E-state index contributed by atoms with van der Waals surface area (Å²) >= 11 is 0. The molecule has 0 aliphatic rings. The van der Waals surface area contributed by atoms with E-state index in [2.05, 4.69) is 156 Å². The van der Waals surface area contributed by atoms with Gasteiger partial charge in [-0.3, -0.25) is 0 Å². The van der Waals surface area contributed by atoms with Gasteiger partial charge in [0.1, 0.15) is 22.3 Å². The van der Waals surface area contributed by atoms with Gasteiger partial charge in [-0.25, -0.2) is 15.0 Å². The van der Waals surface area contributed by atoms with Gasteiger partial charge in [0.15, 0.2) is 17.5 Å². The van der Waals surface area contributed by atoms with Crippen LogP contribution in [0.5, 0.6) is 0 Å². The molecule has 0 spiro atoms. The number of rotatable bonds is 5. The van der Waals surface area contributed by atoms with Crippen LogP contribution in [-0.4, -0.2) is 19.5 Å². The zero-order chi connectivity index (χ0) is 40.0. The van der Waals surface area contributed by atoms with Crippen molar-refractivity contribution in [3.8, 4) is 51.0 Å². The Balaban J connectivity index is 1.14. The average Bonchev–Trinajstić information content (AvgIpc) is 4.00. The molecule has 4 heterocycles. The second kappa shape index (κ2) is 13.1. The highest BCUT2D eigenvalue weighted by molar-refractivity contribution is 6.18. The van der Waals surface area contributed by atoms with Gasteiger partial charge in [-0.15, -0.1) is 0 Å². The van der Waals surface area contributed by atoms with Crippen LogP contribution in [0.1, 0.15) is 0 Å². The molecule has 6 nitrogen and oxygen atoms in total. The number of hydrogen-bond donors (Lipinski definition) is 0. The van der Waals surface area contributed by atoms with Crippen molar-refractivity contribution in [2.24, 2.45) is 0 Å². The molecule has 0 N–H and O–H groups in total. The van der Waals surface area contributed by atoms with Gasteiger partial charge in [0.05, 0.1) is 27.7 Å². The summed E-state index contributed by atoms with van der Waals surface area (Å²) in [6.45, 7) is 0. The highest BCUT2D eigenvalue weighted by Gasteiger charge is 2.25. The van der Waals surface area contributed by atoms with Crippen molar-refractivity contribution in [3.63, 3.8) is 0 Å². The molecule has 0 amide bonds. The number of furan rings is 2. The molecule has 13 rings (SSSR count). The minimum atomic E-state index is 0.521. The molecule has 6 heteroatoms. The van der Waals surface area contributed by atoms with Crippen LogP contribution in [0.15, 0.2) is 203 Å². The molecule has 61 heavy (non-hydrogen) atoms. The third-order valence-electron chi connectivity index (χ3n) is 12.1. The summed E-state index contributed by atoms with van der Waals surface area (Å²) in [5, 5.41) is 8.72. The fraction of sp³-hybridized carbons (Fsp3) is 0. The molecule has 0 aliphatic heterocycles. The fourth-order valence-corrected chi connectivity index (χ4v) is 9.22. The first-order valence-corrected chi connectivity index (χ1v) is 20.4. The molecule has 0 unspecified atom stereocenters. The van der Waals surface area contributed by atoms with Gasteiger partial charge < -0.3 is 13.4 Å². The number of aromatic nitrogens is 4. The van der Waals surface area contributed by atoms with Crippen LogP contribution in [0.3, 0.4) is 0 Å². The van der Waals surface area contributed by atoms with Gasteiger partial charge in [0.25, 0.3) is 0 Å². The lowest BCUT2D eigenvalue weighted by molar-refractivity contribution is 0.669. The van der Waals surface area contributed by atoms with Crippen molar-refractivity contribution in [2.45, 2.75) is 0 Å². The summed E-state index contributed by atoms with van der Waals surface area (Å²) in [5.74, 6) is 1.62. The normalized spacial score (nSPS) is 11.9. The van der Waals surface area contributed by atoms with Gasteiger partial charge in [0.2, 0.25) is 0 Å². The lowest BCUT2D eigenvalue weighted by Gasteiger charge is -2.16. The second-order valence-electron chi connectivity index (χ2n) is 15.5. The summed E-state index contributed by atoms with van der Waals surface area (Å²) in [7, 11) is 0. The monoisotopic (exact) mass is 780 g/mol. The first-order chi connectivity index (χ1) is 30.2. The van der Waals surface area contributed by atoms with Crippen molar-refractivity contribution in [1.29, 1.82) is 0 Å². The van der Waals surface area contributed by atoms with Crippen LogP contribution >= 0.6 is 0 Å². The van der Waals surface area contributed by atoms with E-state index in [4.69, 9.17) is 23.8 Å². The highest BCUT2D eigenvalue weighted by Crippen LogP contribution is 2.44. The number of para-hydroxylation sites is 4. The minimum absolute atomic E-state index is 0.521. The summed E-state index contributed by atoms with van der Waals surface area (Å²) in [6.07, 6.45) is 0. The van der Waals surface area contributed by atoms with E-state index in [1.807, 2.05) is 42.5 Å². The first-order valence-electron chi connectivity index (χ1n) is 20.4. The van der Waals surface area contributed by atoms with E-state index in [-0.39, 0.29) is 0 Å². The maximum atomic E-state index is 6.61. The molecule has 0 bridgehead atoms. The predicted molar refractivity (Wildman–Crippen MR) is 248 cm³/mol. The SMILES string of the molecule is c1ccc(-c2ccc(-c3nc(-c4ccc5oc6ccccc6c5c4-n4c5ccccc5c5cc6ccccc6cc54)nc(-c4cccc5c4oc4ccccc45)n3)cc2)cc1. The lowest BCUT2D eigenvalue weighted by atomic mass is 10.0. The maximum absolute atomic E-state index is 6.61. The number of fused-ring (bicyclic) bond motifs is 10. The minimum Gasteiger partial charge on any atom is -0.456 e. The average molecular weight is 781 g/mol. The third-order valence-corrected chi connectivity index (χ3v) is 12.1. The van der Waals surface area contributed by atoms with Gasteiger partial charge in [-0.2, -0.15) is 0 Å². The van der Waals surface area contributed by atoms with Crippen LogP contribution < -0.4 is 0 Å². The molecule has 0 saturated heterocycles. The Bertz CT molecular complexity index is 3880. The number of benzene rings is 9. The Labute approximate surface area is 348 Å². The van der Waals surface area contributed by atoms with Gasteiger partial charge in [0, 0.05) is 38.1 Å². The zero-order valence-corrected chi connectivity index (χ0v) is 32.6. The maximum Gasteiger partial charge on any atom is 0.167 e. The molecule has 0 atom stereocenters. The van der Waals surface area contributed by atoms with Crippen molar-refractivity contribution in [2.75, 3.05) is 0 Å². The van der Waals surface area contributed by atoms with E-state index in [0.717, 1.165) is 105 Å². The molecule has 13 aromatic rings. The fourth-order valence-electron chi connectivity index (χ4n) is 9.22. The molecule has 0 radical (unpaired) electrons. The van der Waals surface area contributed by atoms with Crippen LogP contribution in [0.4, 0.5) is 0 Å². The zero-order valence-electron chi connectivity index (χ0n) is 32.6. The number of nitrogens with zero attached hydrogens (tertiary/aromatic N) is 4. The molecule has 4 aromatic heterocycles. The molecule has 0 aliphatic carbocycles. The molecular formula is C55H32N4O2. The first kappa shape index (κ1) is 33.6. The van der Waals surface area contributed by atoms with Crippen molar-refractivity contribution >= 4 is 76.5 Å². The quantitative estimate of drug-likeness (QED) is 0.174. The molecule has 0 fully saturated rings. The van der Waals surface area contributed by atoms with Gasteiger partial charge >= 0.3 is 0 Å². The summed E-state index contributed by atoms with van der Waals surface area (Å²) in [4.78, 5) is 16.0. The second-order valence-corrected chi connectivity index (χ2v) is 15.5. The van der Waals surface area contributed by atoms with E-state index in [1.165, 1.54) is 5.39 Å². The Morgan fingerprint density at radius 1 is 0.344 bits per heavy atom. The van der Waals surface area contributed by atoms with Crippen molar-refractivity contribution in [3.05, 3.63) is 194 Å². The topological polar surface area (TPSA) is 69.9 Å². The highest BCUT2D eigenvalue weighted by atomic mass is 16.3. The smallest absolute Gasteiger partial charge is 0.167 e.